The number of nitrogens with zero attached hydrogens (tertiary/aromatic N) is 2. The Kier molecular flexibility index (Phi) is 5.90. The lowest BCUT2D eigenvalue weighted by atomic mass is 10.1. The van der Waals surface area contributed by atoms with E-state index in [1.165, 1.54) is 11.1 Å². The summed E-state index contributed by atoms with van der Waals surface area (Å²) in [5.74, 6) is 0.806. The Balaban J connectivity index is 1.47. The molecular formula is C20H21N3OS. The largest absolute Gasteiger partial charge is 0.352 e. The number of hydrogen-bond donors (Lipinski definition) is 1. The van der Waals surface area contributed by atoms with Gasteiger partial charge >= 0.3 is 0 Å². The fraction of sp³-hybridized carbons (Fsp3) is 0.200. The molecule has 1 amide bonds. The maximum Gasteiger partial charge on any atom is 0.251 e. The van der Waals surface area contributed by atoms with E-state index in [2.05, 4.69) is 22.4 Å². The second kappa shape index (κ2) is 8.53. The van der Waals surface area contributed by atoms with Crippen LogP contribution in [0.25, 0.3) is 0 Å². The number of carbonyl (C=O) groups excluding carboxylic acids is 1. The van der Waals surface area contributed by atoms with E-state index in [1.807, 2.05) is 60.3 Å². The first kappa shape index (κ1) is 17.3. The summed E-state index contributed by atoms with van der Waals surface area (Å²) in [7, 11) is 1.98. The standard InChI is InChI=1S/C20H21N3OS/c1-23-14-13-22-20(23)25-15-17-7-9-18(10-8-17)19(24)21-12-11-16-5-3-2-4-6-16/h2-10,13-14H,11-12,15H2,1H3,(H,21,24). The summed E-state index contributed by atoms with van der Waals surface area (Å²) in [5.41, 5.74) is 3.09. The molecule has 0 unspecified atom stereocenters. The average molecular weight is 351 g/mol. The van der Waals surface area contributed by atoms with E-state index < -0.39 is 0 Å². The molecule has 0 aliphatic carbocycles. The number of aryl methyl sites for hydroxylation is 1. The van der Waals surface area contributed by atoms with Crippen LogP contribution in [-0.2, 0) is 19.2 Å². The van der Waals surface area contributed by atoms with Crippen LogP contribution in [0, 0.1) is 0 Å². The first-order valence-electron chi connectivity index (χ1n) is 8.23. The Morgan fingerprint density at radius 3 is 2.52 bits per heavy atom. The zero-order valence-corrected chi connectivity index (χ0v) is 15.0. The molecule has 5 heteroatoms. The maximum absolute atomic E-state index is 12.2. The van der Waals surface area contributed by atoms with E-state index in [0.29, 0.717) is 12.1 Å². The smallest absolute Gasteiger partial charge is 0.251 e. The quantitative estimate of drug-likeness (QED) is 0.661. The zero-order chi connectivity index (χ0) is 17.5. The summed E-state index contributed by atoms with van der Waals surface area (Å²) >= 11 is 1.68. The van der Waals surface area contributed by atoms with E-state index in [0.717, 1.165) is 17.3 Å². The molecule has 1 heterocycles. The molecule has 3 rings (SSSR count). The Hall–Kier alpha value is -2.53. The Morgan fingerprint density at radius 1 is 1.08 bits per heavy atom. The summed E-state index contributed by atoms with van der Waals surface area (Å²) in [6.07, 6.45) is 4.57. The Morgan fingerprint density at radius 2 is 1.84 bits per heavy atom. The predicted octanol–water partition coefficient (Wildman–Crippen LogP) is 3.68. The van der Waals surface area contributed by atoms with Crippen molar-refractivity contribution in [2.45, 2.75) is 17.3 Å². The summed E-state index contributed by atoms with van der Waals surface area (Å²) < 4.78 is 2.00. The van der Waals surface area contributed by atoms with Crippen LogP contribution in [0.3, 0.4) is 0 Å². The van der Waals surface area contributed by atoms with Gasteiger partial charge in [-0.15, -0.1) is 0 Å². The molecule has 128 valence electrons. The van der Waals surface area contributed by atoms with Gasteiger partial charge in [0.25, 0.3) is 5.91 Å². The van der Waals surface area contributed by atoms with E-state index in [-0.39, 0.29) is 5.91 Å². The fourth-order valence-electron chi connectivity index (χ4n) is 2.46. The van der Waals surface area contributed by atoms with Crippen molar-refractivity contribution in [1.29, 1.82) is 0 Å². The first-order chi connectivity index (χ1) is 12.2. The van der Waals surface area contributed by atoms with Gasteiger partial charge in [-0.3, -0.25) is 4.79 Å². The number of aromatic nitrogens is 2. The van der Waals surface area contributed by atoms with Crippen molar-refractivity contribution in [3.8, 4) is 0 Å². The number of amides is 1. The van der Waals surface area contributed by atoms with Gasteiger partial charge in [0.1, 0.15) is 0 Å². The summed E-state index contributed by atoms with van der Waals surface area (Å²) in [5, 5.41) is 3.96. The van der Waals surface area contributed by atoms with Gasteiger partial charge in [-0.2, -0.15) is 0 Å². The number of thioether (sulfide) groups is 1. The van der Waals surface area contributed by atoms with Gasteiger partial charge in [0.05, 0.1) is 0 Å². The number of nitrogens with one attached hydrogen (secondary N) is 1. The molecule has 0 saturated heterocycles. The molecule has 1 N–H and O–H groups in total. The highest BCUT2D eigenvalue weighted by atomic mass is 32.2. The second-order valence-corrected chi connectivity index (χ2v) is 6.74. The topological polar surface area (TPSA) is 46.9 Å². The predicted molar refractivity (Wildman–Crippen MR) is 102 cm³/mol. The van der Waals surface area contributed by atoms with Crippen molar-refractivity contribution in [2.75, 3.05) is 6.54 Å². The highest BCUT2D eigenvalue weighted by Crippen LogP contribution is 2.20. The van der Waals surface area contributed by atoms with Crippen LogP contribution in [0.5, 0.6) is 0 Å². The lowest BCUT2D eigenvalue weighted by Crippen LogP contribution is -2.25. The van der Waals surface area contributed by atoms with Crippen molar-refractivity contribution < 1.29 is 4.79 Å². The molecule has 0 aliphatic rings. The van der Waals surface area contributed by atoms with Gasteiger partial charge in [0.15, 0.2) is 5.16 Å². The molecule has 1 aromatic heterocycles. The number of benzene rings is 2. The van der Waals surface area contributed by atoms with Crippen molar-refractivity contribution in [3.63, 3.8) is 0 Å². The van der Waals surface area contributed by atoms with Gasteiger partial charge in [-0.05, 0) is 29.7 Å². The minimum atomic E-state index is -0.0285. The highest BCUT2D eigenvalue weighted by molar-refractivity contribution is 7.98. The number of imidazole rings is 1. The molecule has 2 aromatic carbocycles. The van der Waals surface area contributed by atoms with Crippen LogP contribution in [-0.4, -0.2) is 22.0 Å². The number of hydrogen-bond acceptors (Lipinski definition) is 3. The van der Waals surface area contributed by atoms with Crippen LogP contribution < -0.4 is 5.32 Å². The molecule has 0 saturated carbocycles. The monoisotopic (exact) mass is 351 g/mol. The first-order valence-corrected chi connectivity index (χ1v) is 9.22. The van der Waals surface area contributed by atoms with Crippen molar-refractivity contribution in [1.82, 2.24) is 14.9 Å². The lowest BCUT2D eigenvalue weighted by Gasteiger charge is -2.07. The van der Waals surface area contributed by atoms with Crippen LogP contribution in [0.1, 0.15) is 21.5 Å². The molecule has 0 spiro atoms. The molecular weight excluding hydrogens is 330 g/mol. The van der Waals surface area contributed by atoms with Gasteiger partial charge in [0.2, 0.25) is 0 Å². The molecule has 25 heavy (non-hydrogen) atoms. The molecule has 3 aromatic rings. The third kappa shape index (κ3) is 4.97. The second-order valence-electron chi connectivity index (χ2n) is 5.80. The minimum Gasteiger partial charge on any atom is -0.352 e. The summed E-state index contributed by atoms with van der Waals surface area (Å²) in [4.78, 5) is 16.5. The number of carbonyl (C=O) groups is 1. The molecule has 4 nitrogen and oxygen atoms in total. The van der Waals surface area contributed by atoms with Gasteiger partial charge < -0.3 is 9.88 Å². The fourth-order valence-corrected chi connectivity index (χ4v) is 3.35. The zero-order valence-electron chi connectivity index (χ0n) is 14.2. The SMILES string of the molecule is Cn1ccnc1SCc1ccc(C(=O)NCCc2ccccc2)cc1. The molecule has 0 aliphatic heterocycles. The molecule has 0 atom stereocenters. The van der Waals surface area contributed by atoms with Crippen molar-refractivity contribution in [3.05, 3.63) is 83.7 Å². The van der Waals surface area contributed by atoms with E-state index >= 15 is 0 Å². The number of rotatable bonds is 7. The van der Waals surface area contributed by atoms with E-state index in [4.69, 9.17) is 0 Å². The maximum atomic E-state index is 12.2. The summed E-state index contributed by atoms with van der Waals surface area (Å²) in [6, 6.07) is 17.9. The lowest BCUT2D eigenvalue weighted by molar-refractivity contribution is 0.0954. The third-order valence-electron chi connectivity index (χ3n) is 3.90. The normalized spacial score (nSPS) is 10.6. The Bertz CT molecular complexity index is 812. The van der Waals surface area contributed by atoms with Gasteiger partial charge in [-0.25, -0.2) is 4.98 Å². The van der Waals surface area contributed by atoms with Crippen molar-refractivity contribution >= 4 is 17.7 Å². The van der Waals surface area contributed by atoms with Gasteiger partial charge in [0, 0.05) is 37.3 Å². The van der Waals surface area contributed by atoms with Crippen molar-refractivity contribution in [2.24, 2.45) is 7.05 Å². The van der Waals surface area contributed by atoms with Crippen LogP contribution in [0.2, 0.25) is 0 Å². The van der Waals surface area contributed by atoms with Crippen LogP contribution >= 0.6 is 11.8 Å². The van der Waals surface area contributed by atoms with Crippen LogP contribution in [0.15, 0.2) is 72.1 Å². The molecule has 0 radical (unpaired) electrons. The van der Waals surface area contributed by atoms with Gasteiger partial charge in [-0.1, -0.05) is 54.2 Å². The van der Waals surface area contributed by atoms with E-state index in [9.17, 15) is 4.79 Å². The average Bonchev–Trinajstić information content (AvgIpc) is 3.06. The summed E-state index contributed by atoms with van der Waals surface area (Å²) in [6.45, 7) is 0.639. The molecule has 0 bridgehead atoms. The Labute approximate surface area is 152 Å². The van der Waals surface area contributed by atoms with E-state index in [1.54, 1.807) is 18.0 Å². The molecule has 0 fully saturated rings. The minimum absolute atomic E-state index is 0.0285. The van der Waals surface area contributed by atoms with Crippen LogP contribution in [0.4, 0.5) is 0 Å². The third-order valence-corrected chi connectivity index (χ3v) is 5.03. The highest BCUT2D eigenvalue weighted by Gasteiger charge is 2.06.